The van der Waals surface area contributed by atoms with Crippen molar-refractivity contribution in [3.8, 4) is 11.5 Å². The number of pyridine rings is 1. The molecule has 0 aliphatic rings. The first kappa shape index (κ1) is 19.9. The molecule has 0 radical (unpaired) electrons. The largest absolute Gasteiger partial charge is 0.457 e. The number of benzene rings is 2. The lowest BCUT2D eigenvalue weighted by atomic mass is 10.1. The van der Waals surface area contributed by atoms with E-state index in [1.165, 1.54) is 12.1 Å². The zero-order valence-corrected chi connectivity index (χ0v) is 15.2. The van der Waals surface area contributed by atoms with E-state index < -0.39 is 23.4 Å². The van der Waals surface area contributed by atoms with Crippen LogP contribution < -0.4 is 20.8 Å². The Hall–Kier alpha value is -3.81. The lowest BCUT2D eigenvalue weighted by Crippen LogP contribution is -2.25. The van der Waals surface area contributed by atoms with Gasteiger partial charge in [0.05, 0.1) is 6.07 Å². The monoisotopic (exact) mass is 398 g/mol. The molecule has 6 nitrogen and oxygen atoms in total. The van der Waals surface area contributed by atoms with Crippen molar-refractivity contribution in [3.05, 3.63) is 89.2 Å². The molecule has 8 heteroatoms. The Morgan fingerprint density at radius 3 is 2.55 bits per heavy atom. The SMILES string of the molecule is NC(=O)c1cc(Oc2cccc(CCNC(=O)c3ccc(F)c(F)c3)c2)cc[nH+]1. The standard InChI is InChI=1S/C21H17F2N3O3/c22-17-5-4-14(11-18(17)23)21(28)26-8-6-13-2-1-3-15(10-13)29-16-7-9-25-19(12-16)20(24)27/h1-5,7,9-12H,6,8H2,(H2,24,27)(H,26,28)/p+1. The summed E-state index contributed by atoms with van der Waals surface area (Å²) in [5.41, 5.74) is 6.40. The highest BCUT2D eigenvalue weighted by molar-refractivity contribution is 5.94. The molecule has 148 valence electrons. The van der Waals surface area contributed by atoms with Crippen molar-refractivity contribution in [3.63, 3.8) is 0 Å². The third kappa shape index (κ3) is 5.35. The highest BCUT2D eigenvalue weighted by atomic mass is 19.2. The van der Waals surface area contributed by atoms with E-state index in [0.29, 0.717) is 24.5 Å². The minimum atomic E-state index is -1.07. The third-order valence-electron chi connectivity index (χ3n) is 4.05. The Bertz CT molecular complexity index is 1060. The van der Waals surface area contributed by atoms with Gasteiger partial charge in [-0.25, -0.2) is 13.8 Å². The van der Waals surface area contributed by atoms with Gasteiger partial charge in [0.2, 0.25) is 0 Å². The highest BCUT2D eigenvalue weighted by Gasteiger charge is 2.11. The van der Waals surface area contributed by atoms with Gasteiger partial charge in [0.1, 0.15) is 11.5 Å². The first-order valence-electron chi connectivity index (χ1n) is 8.74. The number of nitrogens with one attached hydrogen (secondary N) is 2. The minimum absolute atomic E-state index is 0.0483. The number of halogens is 2. The molecule has 4 N–H and O–H groups in total. The van der Waals surface area contributed by atoms with Crippen LogP contribution in [0.25, 0.3) is 0 Å². The molecule has 0 aliphatic carbocycles. The second kappa shape index (κ2) is 8.92. The van der Waals surface area contributed by atoms with Crippen LogP contribution in [0.1, 0.15) is 26.4 Å². The van der Waals surface area contributed by atoms with Crippen LogP contribution in [0, 0.1) is 11.6 Å². The number of rotatable bonds is 7. The zero-order valence-electron chi connectivity index (χ0n) is 15.2. The van der Waals surface area contributed by atoms with Crippen LogP contribution in [-0.2, 0) is 6.42 Å². The second-order valence-corrected chi connectivity index (χ2v) is 6.19. The first-order valence-corrected chi connectivity index (χ1v) is 8.74. The Morgan fingerprint density at radius 1 is 1.00 bits per heavy atom. The van der Waals surface area contributed by atoms with Crippen LogP contribution >= 0.6 is 0 Å². The van der Waals surface area contributed by atoms with Gasteiger partial charge >= 0.3 is 5.91 Å². The van der Waals surface area contributed by atoms with Crippen LogP contribution in [0.4, 0.5) is 8.78 Å². The molecule has 0 unspecified atom stereocenters. The second-order valence-electron chi connectivity index (χ2n) is 6.19. The van der Waals surface area contributed by atoms with Gasteiger partial charge in [-0.2, -0.15) is 0 Å². The van der Waals surface area contributed by atoms with Crippen LogP contribution in [-0.4, -0.2) is 18.4 Å². The predicted octanol–water partition coefficient (Wildman–Crippen LogP) is 2.64. The van der Waals surface area contributed by atoms with Gasteiger partial charge in [0.25, 0.3) is 11.6 Å². The number of aromatic nitrogens is 1. The molecule has 0 fully saturated rings. The number of amides is 2. The van der Waals surface area contributed by atoms with E-state index in [4.69, 9.17) is 10.5 Å². The average Bonchev–Trinajstić information content (AvgIpc) is 2.70. The van der Waals surface area contributed by atoms with Crippen molar-refractivity contribution in [2.24, 2.45) is 5.73 Å². The fourth-order valence-corrected chi connectivity index (χ4v) is 2.61. The average molecular weight is 398 g/mol. The number of H-pyrrole nitrogens is 1. The number of hydrogen-bond acceptors (Lipinski definition) is 3. The number of carbonyl (C=O) groups excluding carboxylic acids is 2. The summed E-state index contributed by atoms with van der Waals surface area (Å²) in [5.74, 6) is -2.16. The highest BCUT2D eigenvalue weighted by Crippen LogP contribution is 2.22. The summed E-state index contributed by atoms with van der Waals surface area (Å²) in [6.07, 6.45) is 2.05. The normalized spacial score (nSPS) is 10.4. The Kier molecular flexibility index (Phi) is 6.13. The summed E-state index contributed by atoms with van der Waals surface area (Å²) < 4.78 is 31.9. The molecule has 0 atom stereocenters. The summed E-state index contributed by atoms with van der Waals surface area (Å²) in [6.45, 7) is 0.299. The van der Waals surface area contributed by atoms with E-state index in [-0.39, 0.29) is 11.3 Å². The number of nitrogens with two attached hydrogens (primary N) is 1. The molecule has 2 amide bonds. The number of aromatic amines is 1. The van der Waals surface area contributed by atoms with E-state index in [1.807, 2.05) is 6.07 Å². The lowest BCUT2D eigenvalue weighted by Gasteiger charge is -2.08. The molecule has 3 rings (SSSR count). The molecule has 0 saturated carbocycles. The number of carbonyl (C=O) groups is 2. The summed E-state index contributed by atoms with van der Waals surface area (Å²) in [5, 5.41) is 2.66. The fraction of sp³-hybridized carbons (Fsp3) is 0.0952. The predicted molar refractivity (Wildman–Crippen MR) is 100 cm³/mol. The van der Waals surface area contributed by atoms with Gasteiger partial charge in [-0.15, -0.1) is 0 Å². The van der Waals surface area contributed by atoms with Crippen molar-refractivity contribution >= 4 is 11.8 Å². The number of hydrogen-bond donors (Lipinski definition) is 2. The molecular weight excluding hydrogens is 380 g/mol. The van der Waals surface area contributed by atoms with Crippen LogP contribution in [0.5, 0.6) is 11.5 Å². The van der Waals surface area contributed by atoms with Gasteiger partial charge in [0, 0.05) is 18.2 Å². The molecule has 3 aromatic rings. The fourth-order valence-electron chi connectivity index (χ4n) is 2.61. The summed E-state index contributed by atoms with van der Waals surface area (Å²) in [4.78, 5) is 26.0. The Labute approximate surface area is 165 Å². The first-order chi connectivity index (χ1) is 13.9. The summed E-state index contributed by atoms with van der Waals surface area (Å²) >= 11 is 0. The molecular formula is C21H18F2N3O3+. The van der Waals surface area contributed by atoms with Crippen LogP contribution in [0.15, 0.2) is 60.8 Å². The van der Waals surface area contributed by atoms with Crippen molar-refractivity contribution in [1.82, 2.24) is 5.32 Å². The maximum Gasteiger partial charge on any atom is 0.313 e. The van der Waals surface area contributed by atoms with Crippen molar-refractivity contribution in [2.45, 2.75) is 6.42 Å². The van der Waals surface area contributed by atoms with E-state index in [9.17, 15) is 18.4 Å². The van der Waals surface area contributed by atoms with Gasteiger partial charge < -0.3 is 15.8 Å². The summed E-state index contributed by atoms with van der Waals surface area (Å²) in [7, 11) is 0. The van der Waals surface area contributed by atoms with E-state index in [0.717, 1.165) is 17.7 Å². The third-order valence-corrected chi connectivity index (χ3v) is 4.05. The number of ether oxygens (including phenoxy) is 1. The molecule has 0 aliphatic heterocycles. The van der Waals surface area contributed by atoms with Crippen LogP contribution in [0.2, 0.25) is 0 Å². The maximum absolute atomic E-state index is 13.2. The van der Waals surface area contributed by atoms with Crippen molar-refractivity contribution in [2.75, 3.05) is 6.54 Å². The minimum Gasteiger partial charge on any atom is -0.457 e. The van der Waals surface area contributed by atoms with Gasteiger partial charge in [-0.1, -0.05) is 12.1 Å². The van der Waals surface area contributed by atoms with Crippen molar-refractivity contribution in [1.29, 1.82) is 0 Å². The molecule has 0 saturated heterocycles. The van der Waals surface area contributed by atoms with E-state index >= 15 is 0 Å². The molecule has 2 aromatic carbocycles. The van der Waals surface area contributed by atoms with Crippen LogP contribution in [0.3, 0.4) is 0 Å². The zero-order chi connectivity index (χ0) is 20.8. The Morgan fingerprint density at radius 2 is 1.79 bits per heavy atom. The number of primary amides is 1. The smallest absolute Gasteiger partial charge is 0.313 e. The molecule has 29 heavy (non-hydrogen) atoms. The van der Waals surface area contributed by atoms with E-state index in [2.05, 4.69) is 10.3 Å². The lowest BCUT2D eigenvalue weighted by molar-refractivity contribution is -0.382. The Balaban J connectivity index is 1.58. The molecule has 0 spiro atoms. The van der Waals surface area contributed by atoms with Gasteiger partial charge in [-0.3, -0.25) is 9.59 Å². The quantitative estimate of drug-likeness (QED) is 0.640. The molecule has 1 aromatic heterocycles. The topological polar surface area (TPSA) is 95.6 Å². The van der Waals surface area contributed by atoms with E-state index in [1.54, 1.807) is 30.5 Å². The van der Waals surface area contributed by atoms with Crippen molar-refractivity contribution < 1.29 is 28.1 Å². The van der Waals surface area contributed by atoms with Gasteiger partial charge in [0.15, 0.2) is 17.8 Å². The summed E-state index contributed by atoms with van der Waals surface area (Å²) in [6, 6.07) is 13.4. The maximum atomic E-state index is 13.2. The molecule has 1 heterocycles. The van der Waals surface area contributed by atoms with Gasteiger partial charge in [-0.05, 0) is 42.3 Å². The molecule has 0 bridgehead atoms.